The number of hydrogen-bond donors (Lipinski definition) is 1. The zero-order valence-electron chi connectivity index (χ0n) is 10.7. The number of rotatable bonds is 7. The van der Waals surface area contributed by atoms with Crippen LogP contribution in [0.2, 0.25) is 0 Å². The third kappa shape index (κ3) is 5.78. The number of methoxy groups -OCH3 is 1. The van der Waals surface area contributed by atoms with E-state index in [0.29, 0.717) is 11.8 Å². The maximum Gasteiger partial charge on any atom is 0.323 e. The van der Waals surface area contributed by atoms with Gasteiger partial charge in [-0.1, -0.05) is 34.1 Å². The number of nitrogens with one attached hydrogen (secondary N) is 1. The maximum atomic E-state index is 11.5. The number of hydrogen-bond acceptors (Lipinski definition) is 3. The molecule has 0 radical (unpaired) electrons. The first kappa shape index (κ1) is 14.4. The summed E-state index contributed by atoms with van der Waals surface area (Å²) >= 11 is 0. The molecule has 0 aliphatic heterocycles. The number of carbonyl (C=O) groups excluding carboxylic acids is 1. The molecule has 15 heavy (non-hydrogen) atoms. The van der Waals surface area contributed by atoms with Gasteiger partial charge in [0.25, 0.3) is 0 Å². The van der Waals surface area contributed by atoms with Crippen molar-refractivity contribution in [1.29, 1.82) is 0 Å². The second-order valence-corrected chi connectivity index (χ2v) is 4.52. The van der Waals surface area contributed by atoms with Crippen molar-refractivity contribution in [3.8, 4) is 0 Å². The molecule has 0 rings (SSSR count). The summed E-state index contributed by atoms with van der Waals surface area (Å²) in [6, 6.07) is -0.154. The van der Waals surface area contributed by atoms with Crippen LogP contribution in [0, 0.1) is 11.8 Å². The average molecular weight is 215 g/mol. The summed E-state index contributed by atoms with van der Waals surface area (Å²) in [4.78, 5) is 11.5. The summed E-state index contributed by atoms with van der Waals surface area (Å²) in [7, 11) is 1.45. The Morgan fingerprint density at radius 1 is 1.33 bits per heavy atom. The van der Waals surface area contributed by atoms with Gasteiger partial charge in [0.15, 0.2) is 0 Å². The second-order valence-electron chi connectivity index (χ2n) is 4.52. The van der Waals surface area contributed by atoms with Crippen molar-refractivity contribution in [1.82, 2.24) is 5.32 Å². The zero-order chi connectivity index (χ0) is 11.8. The van der Waals surface area contributed by atoms with Crippen LogP contribution in [-0.2, 0) is 9.53 Å². The minimum Gasteiger partial charge on any atom is -0.468 e. The first-order chi connectivity index (χ1) is 7.02. The molecule has 3 nitrogen and oxygen atoms in total. The molecular weight excluding hydrogens is 190 g/mol. The van der Waals surface area contributed by atoms with Crippen LogP contribution in [0.25, 0.3) is 0 Å². The van der Waals surface area contributed by atoms with Gasteiger partial charge in [0.2, 0.25) is 0 Å². The van der Waals surface area contributed by atoms with E-state index in [9.17, 15) is 4.79 Å². The fourth-order valence-corrected chi connectivity index (χ4v) is 1.41. The summed E-state index contributed by atoms with van der Waals surface area (Å²) in [5, 5.41) is 3.28. The van der Waals surface area contributed by atoms with Crippen molar-refractivity contribution in [3.63, 3.8) is 0 Å². The molecule has 90 valence electrons. The van der Waals surface area contributed by atoms with Crippen molar-refractivity contribution in [3.05, 3.63) is 0 Å². The Kier molecular flexibility index (Phi) is 7.39. The van der Waals surface area contributed by atoms with Gasteiger partial charge in [-0.15, -0.1) is 0 Å². The SMILES string of the molecule is CCC(C)C(NCCC(C)C)C(=O)OC. The van der Waals surface area contributed by atoms with Crippen molar-refractivity contribution in [2.75, 3.05) is 13.7 Å². The molecule has 0 fully saturated rings. The van der Waals surface area contributed by atoms with Gasteiger partial charge >= 0.3 is 5.97 Å². The second kappa shape index (κ2) is 7.69. The third-order valence-corrected chi connectivity index (χ3v) is 2.75. The van der Waals surface area contributed by atoms with E-state index in [0.717, 1.165) is 19.4 Å². The van der Waals surface area contributed by atoms with Crippen LogP contribution in [0.15, 0.2) is 0 Å². The highest BCUT2D eigenvalue weighted by Gasteiger charge is 2.23. The Labute approximate surface area is 93.6 Å². The number of carbonyl (C=O) groups is 1. The van der Waals surface area contributed by atoms with Gasteiger partial charge in [0, 0.05) is 0 Å². The molecule has 0 bridgehead atoms. The zero-order valence-corrected chi connectivity index (χ0v) is 10.7. The molecule has 2 atom stereocenters. The molecule has 0 heterocycles. The minimum atomic E-state index is -0.154. The largest absolute Gasteiger partial charge is 0.468 e. The minimum absolute atomic E-state index is 0.145. The van der Waals surface area contributed by atoms with Crippen LogP contribution < -0.4 is 5.32 Å². The van der Waals surface area contributed by atoms with Crippen molar-refractivity contribution < 1.29 is 9.53 Å². The third-order valence-electron chi connectivity index (χ3n) is 2.75. The lowest BCUT2D eigenvalue weighted by atomic mass is 9.99. The fraction of sp³-hybridized carbons (Fsp3) is 0.917. The van der Waals surface area contributed by atoms with Crippen molar-refractivity contribution >= 4 is 5.97 Å². The van der Waals surface area contributed by atoms with E-state index in [-0.39, 0.29) is 12.0 Å². The topological polar surface area (TPSA) is 38.3 Å². The highest BCUT2D eigenvalue weighted by atomic mass is 16.5. The highest BCUT2D eigenvalue weighted by molar-refractivity contribution is 5.75. The van der Waals surface area contributed by atoms with E-state index in [4.69, 9.17) is 4.74 Å². The predicted octanol–water partition coefficient (Wildman–Crippen LogP) is 2.21. The molecule has 0 aliphatic carbocycles. The van der Waals surface area contributed by atoms with E-state index in [2.05, 4.69) is 33.0 Å². The lowest BCUT2D eigenvalue weighted by molar-refractivity contribution is -0.144. The molecule has 0 saturated carbocycles. The van der Waals surface area contributed by atoms with Gasteiger partial charge in [0.05, 0.1) is 7.11 Å². The van der Waals surface area contributed by atoms with Crippen LogP contribution >= 0.6 is 0 Å². The summed E-state index contributed by atoms with van der Waals surface area (Å²) in [6.45, 7) is 9.40. The normalized spacial score (nSPS) is 15.1. The summed E-state index contributed by atoms with van der Waals surface area (Å²) < 4.78 is 4.79. The van der Waals surface area contributed by atoms with E-state index in [1.54, 1.807) is 0 Å². The molecule has 0 amide bonds. The molecule has 0 saturated heterocycles. The molecule has 0 spiro atoms. The van der Waals surface area contributed by atoms with Crippen molar-refractivity contribution in [2.45, 2.75) is 46.6 Å². The Hall–Kier alpha value is -0.570. The van der Waals surface area contributed by atoms with E-state index < -0.39 is 0 Å². The number of ether oxygens (including phenoxy) is 1. The summed E-state index contributed by atoms with van der Waals surface area (Å²) in [6.07, 6.45) is 2.07. The van der Waals surface area contributed by atoms with Crippen LogP contribution in [0.3, 0.4) is 0 Å². The van der Waals surface area contributed by atoms with Crippen LogP contribution in [0.1, 0.15) is 40.5 Å². The van der Waals surface area contributed by atoms with Crippen LogP contribution in [0.5, 0.6) is 0 Å². The molecule has 0 aromatic rings. The van der Waals surface area contributed by atoms with E-state index in [1.165, 1.54) is 7.11 Å². The quantitative estimate of drug-likeness (QED) is 0.662. The average Bonchev–Trinajstić information content (AvgIpc) is 2.22. The van der Waals surface area contributed by atoms with Crippen molar-refractivity contribution in [2.24, 2.45) is 11.8 Å². The lowest BCUT2D eigenvalue weighted by Crippen LogP contribution is -2.43. The van der Waals surface area contributed by atoms with Crippen LogP contribution in [-0.4, -0.2) is 25.7 Å². The van der Waals surface area contributed by atoms with Crippen LogP contribution in [0.4, 0.5) is 0 Å². The molecular formula is C12H25NO2. The van der Waals surface area contributed by atoms with Gasteiger partial charge < -0.3 is 10.1 Å². The lowest BCUT2D eigenvalue weighted by Gasteiger charge is -2.22. The maximum absolute atomic E-state index is 11.5. The Bertz CT molecular complexity index is 180. The Balaban J connectivity index is 4.07. The fourth-order valence-electron chi connectivity index (χ4n) is 1.41. The van der Waals surface area contributed by atoms with Gasteiger partial charge in [0.1, 0.15) is 6.04 Å². The standard InChI is InChI=1S/C12H25NO2/c1-6-10(4)11(12(14)15-5)13-8-7-9(2)3/h9-11,13H,6-8H2,1-5H3. The van der Waals surface area contributed by atoms with Gasteiger partial charge in [-0.25, -0.2) is 0 Å². The smallest absolute Gasteiger partial charge is 0.323 e. The molecule has 3 heteroatoms. The van der Waals surface area contributed by atoms with Gasteiger partial charge in [-0.05, 0) is 24.8 Å². The van der Waals surface area contributed by atoms with Gasteiger partial charge in [-0.2, -0.15) is 0 Å². The Morgan fingerprint density at radius 2 is 1.93 bits per heavy atom. The van der Waals surface area contributed by atoms with E-state index in [1.807, 2.05) is 0 Å². The van der Waals surface area contributed by atoms with E-state index >= 15 is 0 Å². The number of esters is 1. The first-order valence-corrected chi connectivity index (χ1v) is 5.84. The molecule has 1 N–H and O–H groups in total. The molecule has 2 unspecified atom stereocenters. The molecule has 0 aliphatic rings. The monoisotopic (exact) mass is 215 g/mol. The predicted molar refractivity (Wildman–Crippen MR) is 62.7 cm³/mol. The first-order valence-electron chi connectivity index (χ1n) is 5.84. The highest BCUT2D eigenvalue weighted by Crippen LogP contribution is 2.09. The van der Waals surface area contributed by atoms with Gasteiger partial charge in [-0.3, -0.25) is 4.79 Å². The summed E-state index contributed by atoms with van der Waals surface area (Å²) in [5.41, 5.74) is 0. The molecule has 0 aromatic heterocycles. The Morgan fingerprint density at radius 3 is 2.33 bits per heavy atom. The summed E-state index contributed by atoms with van der Waals surface area (Å²) in [5.74, 6) is 0.838. The molecule has 0 aromatic carbocycles.